The van der Waals surface area contributed by atoms with Crippen molar-refractivity contribution in [3.63, 3.8) is 0 Å². The molecule has 3 atom stereocenters. The highest BCUT2D eigenvalue weighted by molar-refractivity contribution is 7.47. The zero-order valence-electron chi connectivity index (χ0n) is 40.0. The average molecular weight is 858 g/mol. The summed E-state index contributed by atoms with van der Waals surface area (Å²) in [5.41, 5.74) is 0. The molecule has 0 heterocycles. The number of aliphatic hydroxyl groups excluding tert-OH is 1. The van der Waals surface area contributed by atoms with Gasteiger partial charge in [-0.05, 0) is 19.3 Å². The molecule has 0 saturated carbocycles. The first-order chi connectivity index (χ1) is 28.5. The molecule has 0 fully saturated rings. The largest absolute Gasteiger partial charge is 0.472 e. The summed E-state index contributed by atoms with van der Waals surface area (Å²) in [6.45, 7) is 4.77. The van der Waals surface area contributed by atoms with Gasteiger partial charge in [-0.3, -0.25) is 13.8 Å². The minimum absolute atomic E-state index is 0.0640. The van der Waals surface area contributed by atoms with Crippen molar-refractivity contribution in [2.24, 2.45) is 0 Å². The molecule has 8 nitrogen and oxygen atoms in total. The van der Waals surface area contributed by atoms with E-state index in [1.54, 1.807) is 6.08 Å². The number of unbranched alkanes of at least 4 members (excludes halogenated alkanes) is 34. The molecule has 352 valence electrons. The van der Waals surface area contributed by atoms with Gasteiger partial charge in [0.15, 0.2) is 0 Å². The van der Waals surface area contributed by atoms with Gasteiger partial charge in [0.25, 0.3) is 0 Å². The second kappa shape index (κ2) is 42.5. The molecule has 3 unspecified atom stereocenters. The van der Waals surface area contributed by atoms with Crippen LogP contribution in [0.2, 0.25) is 0 Å². The summed E-state index contributed by atoms with van der Waals surface area (Å²) >= 11 is 0. The first-order valence-electron chi connectivity index (χ1n) is 25.6. The van der Waals surface area contributed by atoms with Crippen LogP contribution in [0.15, 0.2) is 12.2 Å². The predicted octanol–water partition coefficient (Wildman–Crippen LogP) is 14.7. The van der Waals surface area contributed by atoms with Crippen LogP contribution in [0.25, 0.3) is 0 Å². The van der Waals surface area contributed by atoms with Crippen LogP contribution in [0.3, 0.4) is 0 Å². The van der Waals surface area contributed by atoms with Gasteiger partial charge in [0.2, 0.25) is 5.91 Å². The summed E-state index contributed by atoms with van der Waals surface area (Å²) in [4.78, 5) is 22.9. The SMILES string of the molecule is CCCCCCCCCCCCCCCCCCCCCCCCCCCCCCC/C=C/C(O)C(COP(=O)(O)OCC[N+](C)(C)C)NC(=O)CCCCCCCC. The predicted molar refractivity (Wildman–Crippen MR) is 254 cm³/mol. The highest BCUT2D eigenvalue weighted by atomic mass is 31.2. The van der Waals surface area contributed by atoms with Gasteiger partial charge >= 0.3 is 7.82 Å². The van der Waals surface area contributed by atoms with Gasteiger partial charge in [-0.15, -0.1) is 0 Å². The third-order valence-electron chi connectivity index (χ3n) is 11.8. The van der Waals surface area contributed by atoms with Crippen LogP contribution in [0.1, 0.15) is 251 Å². The number of carbonyl (C=O) groups excluding carboxylic acids is 1. The maximum atomic E-state index is 12.7. The molecular weight excluding hydrogens is 756 g/mol. The topological polar surface area (TPSA) is 105 Å². The molecular formula is C50H102N2O6P+. The summed E-state index contributed by atoms with van der Waals surface area (Å²) in [7, 11) is 1.58. The number of likely N-dealkylation sites (N-methyl/N-ethyl adjacent to an activating group) is 1. The van der Waals surface area contributed by atoms with Gasteiger partial charge in [-0.1, -0.05) is 238 Å². The van der Waals surface area contributed by atoms with Crippen molar-refractivity contribution in [3.8, 4) is 0 Å². The molecule has 9 heteroatoms. The zero-order chi connectivity index (χ0) is 43.6. The van der Waals surface area contributed by atoms with E-state index >= 15 is 0 Å². The molecule has 0 bridgehead atoms. The zero-order valence-corrected chi connectivity index (χ0v) is 40.9. The summed E-state index contributed by atoms with van der Waals surface area (Å²) in [5, 5.41) is 13.8. The smallest absolute Gasteiger partial charge is 0.387 e. The van der Waals surface area contributed by atoms with Crippen LogP contribution < -0.4 is 5.32 Å². The number of allylic oxidation sites excluding steroid dienone is 1. The van der Waals surface area contributed by atoms with Gasteiger partial charge in [0, 0.05) is 6.42 Å². The minimum atomic E-state index is -4.32. The van der Waals surface area contributed by atoms with E-state index in [2.05, 4.69) is 19.2 Å². The molecule has 3 N–H and O–H groups in total. The van der Waals surface area contributed by atoms with E-state index in [1.165, 1.54) is 199 Å². The van der Waals surface area contributed by atoms with Crippen molar-refractivity contribution in [1.82, 2.24) is 5.32 Å². The lowest BCUT2D eigenvalue weighted by molar-refractivity contribution is -0.870. The molecule has 0 aromatic carbocycles. The number of nitrogens with zero attached hydrogens (tertiary/aromatic N) is 1. The first kappa shape index (κ1) is 58.2. The monoisotopic (exact) mass is 858 g/mol. The van der Waals surface area contributed by atoms with E-state index < -0.39 is 20.0 Å². The Morgan fingerprint density at radius 1 is 0.559 bits per heavy atom. The van der Waals surface area contributed by atoms with Crippen LogP contribution in [-0.4, -0.2) is 73.4 Å². The Labute approximate surface area is 367 Å². The first-order valence-corrected chi connectivity index (χ1v) is 27.1. The summed E-state index contributed by atoms with van der Waals surface area (Å²) in [5.74, 6) is -0.184. The molecule has 0 radical (unpaired) electrons. The van der Waals surface area contributed by atoms with E-state index in [-0.39, 0.29) is 19.1 Å². The number of rotatable bonds is 47. The Balaban J connectivity index is 3.90. The van der Waals surface area contributed by atoms with Crippen LogP contribution in [0.5, 0.6) is 0 Å². The standard InChI is InChI=1S/C50H101N2O6P/c1-6-8-10-12-14-15-16-17-18-19-20-21-22-23-24-25-26-27-28-29-30-31-32-33-34-35-36-37-38-39-41-43-49(53)48(51-50(54)44-42-40-13-11-9-7-2)47-58-59(55,56)57-46-45-52(3,4)5/h41,43,48-49,53H,6-40,42,44-47H2,1-5H3,(H-,51,54,55,56)/p+1/b43-41+. The number of carbonyl (C=O) groups is 1. The molecule has 0 aromatic rings. The number of amides is 1. The number of hydrogen-bond acceptors (Lipinski definition) is 5. The van der Waals surface area contributed by atoms with Crippen molar-refractivity contribution < 1.29 is 32.9 Å². The molecule has 1 amide bonds. The molecule has 0 saturated heterocycles. The Hall–Kier alpha value is -0.760. The molecule has 59 heavy (non-hydrogen) atoms. The summed E-state index contributed by atoms with van der Waals surface area (Å²) in [6.07, 6.45) is 50.7. The third kappa shape index (κ3) is 45.1. The fraction of sp³-hybridized carbons (Fsp3) is 0.940. The maximum Gasteiger partial charge on any atom is 0.472 e. The van der Waals surface area contributed by atoms with Crippen LogP contribution in [-0.2, 0) is 18.4 Å². The fourth-order valence-corrected chi connectivity index (χ4v) is 8.43. The van der Waals surface area contributed by atoms with Crippen LogP contribution in [0, 0.1) is 0 Å². The summed E-state index contributed by atoms with van der Waals surface area (Å²) < 4.78 is 23.5. The molecule has 0 aliphatic carbocycles. The second-order valence-corrected chi connectivity index (χ2v) is 20.4. The lowest BCUT2D eigenvalue weighted by Crippen LogP contribution is -2.45. The van der Waals surface area contributed by atoms with Gasteiger partial charge < -0.3 is 19.8 Å². The highest BCUT2D eigenvalue weighted by Gasteiger charge is 2.27. The fourth-order valence-electron chi connectivity index (χ4n) is 7.69. The van der Waals surface area contributed by atoms with Gasteiger partial charge in [-0.25, -0.2) is 4.57 Å². The number of nitrogens with one attached hydrogen (secondary N) is 1. The van der Waals surface area contributed by atoms with Gasteiger partial charge in [0.1, 0.15) is 13.2 Å². The lowest BCUT2D eigenvalue weighted by atomic mass is 10.0. The van der Waals surface area contributed by atoms with E-state index in [9.17, 15) is 19.4 Å². The molecule has 0 rings (SSSR count). The Morgan fingerprint density at radius 3 is 1.25 bits per heavy atom. The van der Waals surface area contributed by atoms with Crippen molar-refractivity contribution in [2.75, 3.05) is 40.9 Å². The number of phosphoric ester groups is 1. The number of quaternary nitrogens is 1. The molecule has 0 aliphatic rings. The van der Waals surface area contributed by atoms with Crippen molar-refractivity contribution in [2.45, 2.75) is 264 Å². The molecule has 0 spiro atoms. The number of phosphoric acid groups is 1. The normalized spacial score (nSPS) is 14.2. The van der Waals surface area contributed by atoms with E-state index in [4.69, 9.17) is 9.05 Å². The average Bonchev–Trinajstić information content (AvgIpc) is 3.19. The Kier molecular flexibility index (Phi) is 42.0. The second-order valence-electron chi connectivity index (χ2n) is 18.9. The van der Waals surface area contributed by atoms with Crippen molar-refractivity contribution >= 4 is 13.7 Å². The maximum absolute atomic E-state index is 12.7. The van der Waals surface area contributed by atoms with Gasteiger partial charge in [0.05, 0.1) is 39.9 Å². The van der Waals surface area contributed by atoms with Crippen molar-refractivity contribution in [1.29, 1.82) is 0 Å². The molecule has 0 aliphatic heterocycles. The summed E-state index contributed by atoms with van der Waals surface area (Å²) in [6, 6.07) is -0.838. The van der Waals surface area contributed by atoms with E-state index in [0.717, 1.165) is 32.1 Å². The quantitative estimate of drug-likeness (QED) is 0.0244. The molecule has 0 aromatic heterocycles. The van der Waals surface area contributed by atoms with E-state index in [0.29, 0.717) is 17.4 Å². The van der Waals surface area contributed by atoms with Crippen LogP contribution >= 0.6 is 7.82 Å². The van der Waals surface area contributed by atoms with Crippen LogP contribution in [0.4, 0.5) is 0 Å². The highest BCUT2D eigenvalue weighted by Crippen LogP contribution is 2.43. The number of aliphatic hydroxyl groups is 1. The van der Waals surface area contributed by atoms with E-state index in [1.807, 2.05) is 27.2 Å². The van der Waals surface area contributed by atoms with Gasteiger partial charge in [-0.2, -0.15) is 0 Å². The third-order valence-corrected chi connectivity index (χ3v) is 12.7. The lowest BCUT2D eigenvalue weighted by Gasteiger charge is -2.25. The Bertz CT molecular complexity index is 974. The minimum Gasteiger partial charge on any atom is -0.387 e. The Morgan fingerprint density at radius 2 is 0.898 bits per heavy atom. The number of hydrogen-bond donors (Lipinski definition) is 3. The van der Waals surface area contributed by atoms with Crippen molar-refractivity contribution in [3.05, 3.63) is 12.2 Å².